The number of nitrogens with zero attached hydrogens (tertiary/aromatic N) is 1. The van der Waals surface area contributed by atoms with E-state index in [1.54, 1.807) is 0 Å². The van der Waals surface area contributed by atoms with Gasteiger partial charge < -0.3 is 9.32 Å². The predicted octanol–water partition coefficient (Wildman–Crippen LogP) is 15.5. The van der Waals surface area contributed by atoms with Gasteiger partial charge in [0.2, 0.25) is 0 Å². The molecular weight excluding hydrogens is 691 g/mol. The highest BCUT2D eigenvalue weighted by molar-refractivity contribution is 6.19. The molecule has 57 heavy (non-hydrogen) atoms. The summed E-state index contributed by atoms with van der Waals surface area (Å²) < 4.78 is 361. The second-order valence-corrected chi connectivity index (χ2v) is 12.3. The van der Waals surface area contributed by atoms with E-state index < -0.39 is 324 Å². The first-order chi connectivity index (χ1) is 44.3. The van der Waals surface area contributed by atoms with Crippen LogP contribution in [-0.2, 0) is 5.41 Å². The van der Waals surface area contributed by atoms with Crippen LogP contribution in [-0.4, -0.2) is 0 Å². The van der Waals surface area contributed by atoms with Gasteiger partial charge in [-0.3, -0.25) is 0 Å². The Morgan fingerprint density at radius 1 is 0.404 bits per heavy atom. The molecule has 9 aromatic carbocycles. The zero-order valence-corrected chi connectivity index (χ0v) is 28.4. The van der Waals surface area contributed by atoms with Crippen LogP contribution in [0.2, 0.25) is 0 Å². The summed E-state index contributed by atoms with van der Waals surface area (Å²) in [5.41, 5.74) is -20.1. The molecule has 0 atom stereocenters. The van der Waals surface area contributed by atoms with Crippen LogP contribution in [0.25, 0.3) is 77.2 Å². The molecule has 1 heterocycles. The molecule has 0 radical (unpaired) electrons. The number of benzene rings is 9. The van der Waals surface area contributed by atoms with Crippen molar-refractivity contribution in [3.05, 3.63) is 211 Å². The van der Waals surface area contributed by atoms with Crippen LogP contribution in [0.5, 0.6) is 0 Å². The van der Waals surface area contributed by atoms with Crippen LogP contribution in [0.1, 0.15) is 78.3 Å². The second kappa shape index (κ2) is 13.0. The molecule has 1 aromatic heterocycles. The lowest BCUT2D eigenvalue weighted by atomic mass is 9.82. The van der Waals surface area contributed by atoms with Crippen molar-refractivity contribution < 1.29 is 57.9 Å². The summed E-state index contributed by atoms with van der Waals surface area (Å²) in [6.07, 6.45) is 0. The van der Waals surface area contributed by atoms with Crippen molar-refractivity contribution in [1.29, 1.82) is 0 Å². The number of fused-ring (bicyclic) bond motifs is 8. The summed E-state index contributed by atoms with van der Waals surface area (Å²) in [7, 11) is 0. The van der Waals surface area contributed by atoms with Crippen LogP contribution in [0.3, 0.4) is 0 Å². The lowest BCUT2D eigenvalue weighted by molar-refractivity contribution is 0.660. The summed E-state index contributed by atoms with van der Waals surface area (Å²) in [5.74, 6) is 0. The van der Waals surface area contributed by atoms with Gasteiger partial charge in [0.15, 0.2) is 0 Å². The molecule has 2 nitrogen and oxygen atoms in total. The summed E-state index contributed by atoms with van der Waals surface area (Å²) in [6, 6.07) is -38.7. The number of anilines is 3. The number of hydrogen-bond donors (Lipinski definition) is 0. The van der Waals surface area contributed by atoms with E-state index in [0.717, 1.165) is 0 Å². The minimum absolute atomic E-state index is 0.139. The third kappa shape index (κ3) is 5.40. The minimum Gasteiger partial charge on any atom is -0.455 e. The highest BCUT2D eigenvalue weighted by atomic mass is 16.3. The fourth-order valence-corrected chi connectivity index (χ4v) is 6.43. The second-order valence-electron chi connectivity index (χ2n) is 12.3. The lowest BCUT2D eigenvalue weighted by Crippen LogP contribution is -2.16. The molecule has 0 amide bonds. The highest BCUT2D eigenvalue weighted by Gasteiger charge is 2.35. The topological polar surface area (TPSA) is 16.4 Å². The van der Waals surface area contributed by atoms with Gasteiger partial charge in [0.25, 0.3) is 0 Å². The summed E-state index contributed by atoms with van der Waals surface area (Å²) >= 11 is 0. The Morgan fingerprint density at radius 2 is 0.947 bits per heavy atom. The fourth-order valence-electron chi connectivity index (χ4n) is 6.43. The van der Waals surface area contributed by atoms with Gasteiger partial charge in [-0.15, -0.1) is 0 Å². The van der Waals surface area contributed by atoms with Crippen LogP contribution < -0.4 is 4.90 Å². The molecule has 11 rings (SSSR count). The Morgan fingerprint density at radius 3 is 1.67 bits per heavy atom. The summed E-state index contributed by atoms with van der Waals surface area (Å²) in [4.78, 5) is 0.139. The predicted molar refractivity (Wildman–Crippen MR) is 240 cm³/mol. The van der Waals surface area contributed by atoms with Crippen molar-refractivity contribution in [2.45, 2.75) is 19.1 Å². The van der Waals surface area contributed by atoms with E-state index >= 15 is 0 Å². The van der Waals surface area contributed by atoms with Crippen LogP contribution >= 0.6 is 0 Å². The lowest BCUT2D eigenvalue weighted by Gasteiger charge is -2.28. The zero-order valence-electron chi connectivity index (χ0n) is 67.4. The molecule has 1 aliphatic rings. The molecule has 0 saturated heterocycles. The maximum Gasteiger partial charge on any atom is 0.143 e. The van der Waals surface area contributed by atoms with E-state index in [2.05, 4.69) is 0 Å². The van der Waals surface area contributed by atoms with Gasteiger partial charge in [-0.2, -0.15) is 0 Å². The number of furan rings is 1. The molecule has 0 bridgehead atoms. The molecule has 270 valence electrons. The molecule has 0 spiro atoms. The largest absolute Gasteiger partial charge is 0.455 e. The number of hydrogen-bond acceptors (Lipinski definition) is 2. The molecule has 2 heteroatoms. The minimum atomic E-state index is -4.10. The SMILES string of the molecule is [2H]c1c([2H])c([2H])c(-c2c([2H])c([2H])c(-c3c([2H])c([2H])c(N(c4c([2H])c([2H])c5c(c4[2H])C(C([2H])([2H])[2H])(C([2H])([2H])[2H])c4c([2H])c([2H])c([2H])c([2H])c4-5)c4c([2H])c([2H])c5oc6c7c([2H])c([2H])c([2H])c([2H])c7c(-c7c([2H])c([2H])c([2H])c([2H])c7[2H])c([2H])c6c5c4[2H])c([2H])c3[2H])c([2H])c2[2H])c([2H])c1[2H]. The van der Waals surface area contributed by atoms with Gasteiger partial charge in [0.1, 0.15) is 11.2 Å². The van der Waals surface area contributed by atoms with Gasteiger partial charge in [-0.05, 0) is 109 Å². The zero-order chi connectivity index (χ0) is 71.8. The molecule has 1 aliphatic carbocycles. The molecular formula is C55H39NO. The van der Waals surface area contributed by atoms with Gasteiger partial charge >= 0.3 is 0 Å². The van der Waals surface area contributed by atoms with E-state index in [0.29, 0.717) is 0 Å². The maximum absolute atomic E-state index is 10.3. The standard InChI is InChI=1S/C55H39NO/c1-55(2)51-20-12-11-18-45(51)46-31-29-43(34-52(46)55)56(41-27-25-39(26-28-41)38-23-21-37(22-24-38)36-13-5-3-6-14-36)42-30-32-53-49(33-42)50-35-48(40-15-7-4-8-16-40)44-17-9-10-19-47(44)54(50)57-53/h3-35H,1-2H3/i1D3,2D3,3D,4D,5D,6D,7D,8D,9D,10D,11D,12D,13D,14D,15D,16D,17D,18D,19D,20D,21D,22D,23D,24D,25D,26D,27D,28D,29D,30D,31D,32D,33D,34D,35D. The normalized spacial score (nSPS) is 23.0. The van der Waals surface area contributed by atoms with Crippen molar-refractivity contribution in [2.24, 2.45) is 0 Å². The van der Waals surface area contributed by atoms with E-state index in [1.807, 2.05) is 0 Å². The van der Waals surface area contributed by atoms with E-state index in [9.17, 15) is 19.2 Å². The van der Waals surface area contributed by atoms with Crippen LogP contribution in [0.4, 0.5) is 17.1 Å². The van der Waals surface area contributed by atoms with E-state index in [4.69, 9.17) is 38.7 Å². The maximum atomic E-state index is 10.3. The van der Waals surface area contributed by atoms with Crippen molar-refractivity contribution in [2.75, 3.05) is 4.90 Å². The van der Waals surface area contributed by atoms with Gasteiger partial charge in [-0.25, -0.2) is 0 Å². The van der Waals surface area contributed by atoms with Crippen molar-refractivity contribution >= 4 is 49.8 Å². The Bertz CT molecular complexity index is 5180. The molecule has 0 unspecified atom stereocenters. The van der Waals surface area contributed by atoms with Crippen LogP contribution in [0, 0.1) is 0 Å². The van der Waals surface area contributed by atoms with Gasteiger partial charge in [0.05, 0.1) is 45.2 Å². The average Bonchev–Trinajstić information content (AvgIpc) is 1.48. The first kappa shape index (κ1) is 12.2. The smallest absolute Gasteiger partial charge is 0.143 e. The van der Waals surface area contributed by atoms with Gasteiger partial charge in [0, 0.05) is 46.9 Å². The van der Waals surface area contributed by atoms with E-state index in [-0.39, 0.29) is 4.90 Å². The van der Waals surface area contributed by atoms with Crippen LogP contribution in [0.15, 0.2) is 204 Å². The first-order valence-electron chi connectivity index (χ1n) is 36.1. The average molecular weight is 769 g/mol. The van der Waals surface area contributed by atoms with Crippen molar-refractivity contribution in [3.63, 3.8) is 0 Å². The quantitative estimate of drug-likeness (QED) is 0.167. The van der Waals surface area contributed by atoms with E-state index in [1.165, 1.54) is 0 Å². The first-order valence-corrected chi connectivity index (χ1v) is 16.6. The number of rotatable bonds is 6. The third-order valence-electron chi connectivity index (χ3n) is 9.01. The molecule has 10 aromatic rings. The monoisotopic (exact) mass is 769 g/mol. The summed E-state index contributed by atoms with van der Waals surface area (Å²) in [6.45, 7) is -8.21. The Balaban J connectivity index is 1.37. The van der Waals surface area contributed by atoms with Crippen molar-refractivity contribution in [3.8, 4) is 44.5 Å². The highest BCUT2D eigenvalue weighted by Crippen LogP contribution is 2.51. The molecule has 0 saturated carbocycles. The third-order valence-corrected chi connectivity index (χ3v) is 9.01. The Kier molecular flexibility index (Phi) is 2.77. The fraction of sp³-hybridized carbons (Fsp3) is 0.0545. The Hall–Kier alpha value is -7.16. The molecule has 0 fully saturated rings. The Labute approximate surface area is 387 Å². The summed E-state index contributed by atoms with van der Waals surface area (Å²) in [5, 5.41) is -3.19. The van der Waals surface area contributed by atoms with Gasteiger partial charge in [-0.1, -0.05) is 165 Å². The molecule has 0 aliphatic heterocycles. The molecule has 0 N–H and O–H groups in total. The van der Waals surface area contributed by atoms with Crippen molar-refractivity contribution in [1.82, 2.24) is 0 Å².